The number of aromatic nitrogens is 4. The molecule has 2 aromatic heterocycles. The van der Waals surface area contributed by atoms with Crippen molar-refractivity contribution in [2.24, 2.45) is 0 Å². The van der Waals surface area contributed by atoms with Crippen molar-refractivity contribution in [1.82, 2.24) is 19.5 Å². The minimum atomic E-state index is 0.368. The van der Waals surface area contributed by atoms with Crippen LogP contribution in [0.5, 0.6) is 0 Å². The number of nitrogens with zero attached hydrogens (tertiary/aromatic N) is 4. The van der Waals surface area contributed by atoms with Gasteiger partial charge in [-0.3, -0.25) is 4.57 Å². The summed E-state index contributed by atoms with van der Waals surface area (Å²) in [4.78, 5) is 12.6. The van der Waals surface area contributed by atoms with Gasteiger partial charge in [0.25, 0.3) is 0 Å². The quantitative estimate of drug-likeness (QED) is 0.645. The summed E-state index contributed by atoms with van der Waals surface area (Å²) in [5.74, 6) is 0.529. The first-order valence-electron chi connectivity index (χ1n) is 4.76. The van der Waals surface area contributed by atoms with Crippen molar-refractivity contribution < 1.29 is 0 Å². The molecule has 0 bridgehead atoms. The van der Waals surface area contributed by atoms with Crippen molar-refractivity contribution in [3.8, 4) is 5.95 Å². The van der Waals surface area contributed by atoms with E-state index in [1.807, 2.05) is 24.3 Å². The molecule has 0 radical (unpaired) electrons. The van der Waals surface area contributed by atoms with Crippen molar-refractivity contribution in [2.75, 3.05) is 0 Å². The number of fused-ring (bicyclic) bond motifs is 1. The van der Waals surface area contributed by atoms with E-state index < -0.39 is 0 Å². The molecule has 1 aromatic carbocycles. The second-order valence-corrected chi connectivity index (χ2v) is 3.59. The maximum Gasteiger partial charge on any atom is 0.236 e. The van der Waals surface area contributed by atoms with Crippen LogP contribution in [0.3, 0.4) is 0 Å². The smallest absolute Gasteiger partial charge is 0.236 e. The molecule has 0 aliphatic carbocycles. The van der Waals surface area contributed by atoms with Crippen LogP contribution in [0.25, 0.3) is 17.0 Å². The summed E-state index contributed by atoms with van der Waals surface area (Å²) in [6.45, 7) is 0. The summed E-state index contributed by atoms with van der Waals surface area (Å²) >= 11 is 6.07. The summed E-state index contributed by atoms with van der Waals surface area (Å²) in [5.41, 5.74) is 1.73. The van der Waals surface area contributed by atoms with Crippen molar-refractivity contribution in [3.63, 3.8) is 0 Å². The molecule has 0 saturated heterocycles. The molecule has 0 fully saturated rings. The van der Waals surface area contributed by atoms with Crippen molar-refractivity contribution in [2.45, 2.75) is 0 Å². The topological polar surface area (TPSA) is 43.6 Å². The summed E-state index contributed by atoms with van der Waals surface area (Å²) in [6.07, 6.45) is 3.35. The Labute approximate surface area is 96.6 Å². The van der Waals surface area contributed by atoms with E-state index in [1.54, 1.807) is 23.0 Å². The molecule has 0 aliphatic heterocycles. The lowest BCUT2D eigenvalue weighted by Gasteiger charge is -2.01. The Morgan fingerprint density at radius 2 is 1.75 bits per heavy atom. The number of halogens is 1. The van der Waals surface area contributed by atoms with Gasteiger partial charge in [0.15, 0.2) is 0 Å². The molecule has 0 atom stereocenters. The monoisotopic (exact) mass is 230 g/mol. The molecule has 0 saturated carbocycles. The standard InChI is InChI=1S/C11H7ClN4/c12-10-15-8-4-1-2-5-9(8)16(10)11-13-6-3-7-14-11/h1-7H. The van der Waals surface area contributed by atoms with E-state index in [0.717, 1.165) is 11.0 Å². The molecule has 3 rings (SSSR count). The molecule has 4 nitrogen and oxygen atoms in total. The van der Waals surface area contributed by atoms with Crippen molar-refractivity contribution >= 4 is 22.6 Å². The SMILES string of the molecule is Clc1nc2ccccc2n1-c1ncccn1. The van der Waals surface area contributed by atoms with Gasteiger partial charge in [-0.25, -0.2) is 15.0 Å². The molecule has 2 heterocycles. The van der Waals surface area contributed by atoms with Gasteiger partial charge in [0, 0.05) is 12.4 Å². The second kappa shape index (κ2) is 3.57. The van der Waals surface area contributed by atoms with Gasteiger partial charge in [0.1, 0.15) is 0 Å². The van der Waals surface area contributed by atoms with Crippen LogP contribution in [0.15, 0.2) is 42.7 Å². The largest absolute Gasteiger partial charge is 0.251 e. The number of imidazole rings is 1. The van der Waals surface area contributed by atoms with Gasteiger partial charge in [-0.2, -0.15) is 0 Å². The molecule has 16 heavy (non-hydrogen) atoms. The van der Waals surface area contributed by atoms with Crippen molar-refractivity contribution in [3.05, 3.63) is 48.0 Å². The predicted octanol–water partition coefficient (Wildman–Crippen LogP) is 2.47. The summed E-state index contributed by atoms with van der Waals surface area (Å²) in [7, 11) is 0. The molecule has 0 aliphatic rings. The van der Waals surface area contributed by atoms with Crippen LogP contribution in [0, 0.1) is 0 Å². The number of hydrogen-bond acceptors (Lipinski definition) is 3. The Bertz CT molecular complexity index is 633. The van der Waals surface area contributed by atoms with Gasteiger partial charge in [-0.1, -0.05) is 12.1 Å². The lowest BCUT2D eigenvalue weighted by molar-refractivity contribution is 0.949. The summed E-state index contributed by atoms with van der Waals surface area (Å²) < 4.78 is 1.72. The zero-order valence-corrected chi connectivity index (χ0v) is 8.96. The fraction of sp³-hybridized carbons (Fsp3) is 0. The zero-order valence-electron chi connectivity index (χ0n) is 8.21. The molecular formula is C11H7ClN4. The molecule has 78 valence electrons. The second-order valence-electron chi connectivity index (χ2n) is 3.25. The third-order valence-electron chi connectivity index (χ3n) is 2.27. The highest BCUT2D eigenvalue weighted by Crippen LogP contribution is 2.21. The molecular weight excluding hydrogens is 224 g/mol. The fourth-order valence-electron chi connectivity index (χ4n) is 1.59. The highest BCUT2D eigenvalue weighted by Gasteiger charge is 2.11. The maximum atomic E-state index is 6.07. The third kappa shape index (κ3) is 1.35. The predicted molar refractivity (Wildman–Crippen MR) is 61.7 cm³/mol. The molecule has 0 unspecified atom stereocenters. The lowest BCUT2D eigenvalue weighted by Crippen LogP contribution is -1.99. The number of rotatable bonds is 1. The van der Waals surface area contributed by atoms with E-state index in [0.29, 0.717) is 11.2 Å². The Balaban J connectivity index is 2.35. The zero-order chi connectivity index (χ0) is 11.0. The van der Waals surface area contributed by atoms with Gasteiger partial charge >= 0.3 is 0 Å². The number of benzene rings is 1. The Morgan fingerprint density at radius 1 is 1.00 bits per heavy atom. The Hall–Kier alpha value is -1.94. The van der Waals surface area contributed by atoms with E-state index in [-0.39, 0.29) is 0 Å². The maximum absolute atomic E-state index is 6.07. The molecule has 0 N–H and O–H groups in total. The fourth-order valence-corrected chi connectivity index (χ4v) is 1.85. The highest BCUT2D eigenvalue weighted by atomic mass is 35.5. The first-order valence-corrected chi connectivity index (χ1v) is 5.14. The van der Waals surface area contributed by atoms with Gasteiger partial charge < -0.3 is 0 Å². The van der Waals surface area contributed by atoms with E-state index in [4.69, 9.17) is 11.6 Å². The summed E-state index contributed by atoms with van der Waals surface area (Å²) in [5, 5.41) is 0.368. The first-order chi connectivity index (χ1) is 7.86. The summed E-state index contributed by atoms with van der Waals surface area (Å²) in [6, 6.07) is 9.45. The molecule has 0 spiro atoms. The third-order valence-corrected chi connectivity index (χ3v) is 2.53. The average molecular weight is 231 g/mol. The van der Waals surface area contributed by atoms with Crippen LogP contribution < -0.4 is 0 Å². The van der Waals surface area contributed by atoms with Gasteiger partial charge in [-0.05, 0) is 29.8 Å². The minimum Gasteiger partial charge on any atom is -0.251 e. The number of para-hydroxylation sites is 2. The van der Waals surface area contributed by atoms with E-state index in [9.17, 15) is 0 Å². The molecule has 5 heteroatoms. The van der Waals surface area contributed by atoms with Crippen molar-refractivity contribution in [1.29, 1.82) is 0 Å². The van der Waals surface area contributed by atoms with E-state index >= 15 is 0 Å². The van der Waals surface area contributed by atoms with Crippen LogP contribution in [0.2, 0.25) is 5.28 Å². The normalized spacial score (nSPS) is 10.8. The van der Waals surface area contributed by atoms with Crippen LogP contribution in [-0.4, -0.2) is 19.5 Å². The van der Waals surface area contributed by atoms with Crippen LogP contribution in [-0.2, 0) is 0 Å². The van der Waals surface area contributed by atoms with Crippen LogP contribution in [0.1, 0.15) is 0 Å². The minimum absolute atomic E-state index is 0.368. The average Bonchev–Trinajstić information content (AvgIpc) is 2.66. The number of hydrogen-bond donors (Lipinski definition) is 0. The highest BCUT2D eigenvalue weighted by molar-refractivity contribution is 6.29. The first kappa shape index (κ1) is 9.30. The Kier molecular flexibility index (Phi) is 2.08. The van der Waals surface area contributed by atoms with Crippen LogP contribution >= 0.6 is 11.6 Å². The van der Waals surface area contributed by atoms with Gasteiger partial charge in [0.2, 0.25) is 11.2 Å². The van der Waals surface area contributed by atoms with Crippen LogP contribution in [0.4, 0.5) is 0 Å². The van der Waals surface area contributed by atoms with E-state index in [1.165, 1.54) is 0 Å². The van der Waals surface area contributed by atoms with Gasteiger partial charge in [0.05, 0.1) is 11.0 Å². The van der Waals surface area contributed by atoms with E-state index in [2.05, 4.69) is 15.0 Å². The molecule has 0 amide bonds. The molecule has 3 aromatic rings. The van der Waals surface area contributed by atoms with Gasteiger partial charge in [-0.15, -0.1) is 0 Å². The lowest BCUT2D eigenvalue weighted by atomic mass is 10.3. The Morgan fingerprint density at radius 3 is 2.56 bits per heavy atom.